The van der Waals surface area contributed by atoms with Crippen molar-refractivity contribution in [2.45, 2.75) is 19.8 Å². The number of aromatic nitrogens is 3. The molecule has 0 spiro atoms. The molecule has 2 aromatic heterocycles. The van der Waals surface area contributed by atoms with Crippen LogP contribution >= 0.6 is 0 Å². The van der Waals surface area contributed by atoms with Gasteiger partial charge in [-0.3, -0.25) is 4.79 Å². The van der Waals surface area contributed by atoms with E-state index in [9.17, 15) is 4.79 Å². The zero-order valence-electron chi connectivity index (χ0n) is 18.9. The second kappa shape index (κ2) is 8.78. The maximum absolute atomic E-state index is 13.2. The smallest absolute Gasteiger partial charge is 0.261 e. The SMILES string of the molecule is CC(C)c1ccc(/C=N/n2c(N)c(C(=O)Nc3ccccc3)c3nc4ccccc4nc32)cc1. The third kappa shape index (κ3) is 3.99. The molecule has 0 radical (unpaired) electrons. The van der Waals surface area contributed by atoms with Gasteiger partial charge in [-0.2, -0.15) is 9.78 Å². The molecule has 0 bridgehead atoms. The van der Waals surface area contributed by atoms with Crippen LogP contribution in [0.15, 0.2) is 84.0 Å². The van der Waals surface area contributed by atoms with Crippen molar-refractivity contribution < 1.29 is 4.79 Å². The molecule has 0 aliphatic carbocycles. The van der Waals surface area contributed by atoms with Crippen molar-refractivity contribution in [3.05, 3.63) is 95.6 Å². The van der Waals surface area contributed by atoms with Crippen molar-refractivity contribution in [2.24, 2.45) is 5.10 Å². The molecule has 5 rings (SSSR count). The Morgan fingerprint density at radius 2 is 1.59 bits per heavy atom. The lowest BCUT2D eigenvalue weighted by Crippen LogP contribution is -2.14. The summed E-state index contributed by atoms with van der Waals surface area (Å²) in [4.78, 5) is 22.7. The molecule has 0 unspecified atom stereocenters. The van der Waals surface area contributed by atoms with Gasteiger partial charge in [-0.05, 0) is 41.3 Å². The lowest BCUT2D eigenvalue weighted by molar-refractivity contribution is 0.102. The maximum Gasteiger partial charge on any atom is 0.261 e. The second-order valence-corrected chi connectivity index (χ2v) is 8.34. The van der Waals surface area contributed by atoms with Gasteiger partial charge in [0.1, 0.15) is 16.9 Å². The average molecular weight is 449 g/mol. The van der Waals surface area contributed by atoms with Crippen molar-refractivity contribution in [1.82, 2.24) is 14.6 Å². The number of para-hydroxylation sites is 3. The van der Waals surface area contributed by atoms with Crippen LogP contribution in [0.25, 0.3) is 22.2 Å². The zero-order valence-corrected chi connectivity index (χ0v) is 18.9. The summed E-state index contributed by atoms with van der Waals surface area (Å²) in [5, 5.41) is 7.47. The number of hydrogen-bond donors (Lipinski definition) is 2. The van der Waals surface area contributed by atoms with Crippen LogP contribution in [-0.2, 0) is 0 Å². The number of nitrogens with two attached hydrogens (primary N) is 1. The summed E-state index contributed by atoms with van der Waals surface area (Å²) >= 11 is 0. The second-order valence-electron chi connectivity index (χ2n) is 8.34. The summed E-state index contributed by atoms with van der Waals surface area (Å²) in [6, 6.07) is 24.9. The summed E-state index contributed by atoms with van der Waals surface area (Å²) < 4.78 is 1.48. The molecule has 0 fully saturated rings. The van der Waals surface area contributed by atoms with Crippen LogP contribution < -0.4 is 11.1 Å². The Labute approximate surface area is 197 Å². The van der Waals surface area contributed by atoms with E-state index in [0.717, 1.165) is 5.56 Å². The number of rotatable bonds is 5. The Bertz CT molecular complexity index is 1520. The van der Waals surface area contributed by atoms with E-state index in [-0.39, 0.29) is 17.3 Å². The van der Waals surface area contributed by atoms with E-state index >= 15 is 0 Å². The van der Waals surface area contributed by atoms with E-state index in [2.05, 4.69) is 36.4 Å². The molecule has 0 atom stereocenters. The zero-order chi connectivity index (χ0) is 23.7. The first-order valence-electron chi connectivity index (χ1n) is 11.1. The fourth-order valence-corrected chi connectivity index (χ4v) is 3.79. The summed E-state index contributed by atoms with van der Waals surface area (Å²) in [7, 11) is 0. The number of nitrogens with one attached hydrogen (secondary N) is 1. The molecule has 34 heavy (non-hydrogen) atoms. The van der Waals surface area contributed by atoms with E-state index in [4.69, 9.17) is 15.7 Å². The summed E-state index contributed by atoms with van der Waals surface area (Å²) in [6.07, 6.45) is 1.70. The first-order chi connectivity index (χ1) is 16.5. The van der Waals surface area contributed by atoms with Gasteiger partial charge in [0.15, 0.2) is 5.65 Å². The fourth-order valence-electron chi connectivity index (χ4n) is 3.79. The molecule has 5 aromatic rings. The van der Waals surface area contributed by atoms with Gasteiger partial charge >= 0.3 is 0 Å². The molecule has 7 heteroatoms. The molecule has 3 N–H and O–H groups in total. The van der Waals surface area contributed by atoms with Gasteiger partial charge in [0.2, 0.25) is 0 Å². The minimum atomic E-state index is -0.367. The van der Waals surface area contributed by atoms with Gasteiger partial charge in [-0.1, -0.05) is 68.4 Å². The van der Waals surface area contributed by atoms with Crippen LogP contribution in [0.2, 0.25) is 0 Å². The van der Waals surface area contributed by atoms with Gasteiger partial charge < -0.3 is 11.1 Å². The Morgan fingerprint density at radius 3 is 2.26 bits per heavy atom. The Kier molecular flexibility index (Phi) is 5.51. The number of fused-ring (bicyclic) bond motifs is 2. The van der Waals surface area contributed by atoms with Gasteiger partial charge in [0.05, 0.1) is 17.2 Å². The number of benzene rings is 3. The molecule has 0 aliphatic heterocycles. The third-order valence-electron chi connectivity index (χ3n) is 5.66. The molecular weight excluding hydrogens is 424 g/mol. The number of carbonyl (C=O) groups is 1. The number of anilines is 2. The predicted octanol–water partition coefficient (Wildman–Crippen LogP) is 5.42. The van der Waals surface area contributed by atoms with E-state index in [0.29, 0.717) is 33.8 Å². The average Bonchev–Trinajstić information content (AvgIpc) is 3.12. The lowest BCUT2D eigenvalue weighted by Gasteiger charge is -2.05. The number of nitrogens with zero attached hydrogens (tertiary/aromatic N) is 4. The van der Waals surface area contributed by atoms with E-state index in [1.54, 1.807) is 6.21 Å². The summed E-state index contributed by atoms with van der Waals surface area (Å²) in [5.41, 5.74) is 11.7. The normalized spacial score (nSPS) is 11.6. The molecule has 7 nitrogen and oxygen atoms in total. The fraction of sp³-hybridized carbons (Fsp3) is 0.111. The van der Waals surface area contributed by atoms with Gasteiger partial charge in [-0.25, -0.2) is 9.97 Å². The highest BCUT2D eigenvalue weighted by molar-refractivity contribution is 6.16. The molecule has 0 saturated carbocycles. The highest BCUT2D eigenvalue weighted by Gasteiger charge is 2.24. The molecule has 0 aliphatic rings. The molecular formula is C27H24N6O. The summed E-state index contributed by atoms with van der Waals surface area (Å²) in [6.45, 7) is 4.31. The van der Waals surface area contributed by atoms with Crippen LogP contribution in [0.1, 0.15) is 41.3 Å². The van der Waals surface area contributed by atoms with E-state index in [1.165, 1.54) is 10.2 Å². The van der Waals surface area contributed by atoms with Crippen molar-refractivity contribution in [1.29, 1.82) is 0 Å². The number of nitrogen functional groups attached to an aromatic ring is 1. The topological polar surface area (TPSA) is 98.2 Å². The van der Waals surface area contributed by atoms with Crippen molar-refractivity contribution in [3.8, 4) is 0 Å². The van der Waals surface area contributed by atoms with Crippen molar-refractivity contribution >= 4 is 45.8 Å². The highest BCUT2D eigenvalue weighted by atomic mass is 16.1. The summed E-state index contributed by atoms with van der Waals surface area (Å²) in [5.74, 6) is 0.256. The van der Waals surface area contributed by atoms with Gasteiger partial charge in [0.25, 0.3) is 5.91 Å². The van der Waals surface area contributed by atoms with Crippen LogP contribution in [0.4, 0.5) is 11.5 Å². The first-order valence-corrected chi connectivity index (χ1v) is 11.1. The van der Waals surface area contributed by atoms with Gasteiger partial charge in [0, 0.05) is 5.69 Å². The van der Waals surface area contributed by atoms with Gasteiger partial charge in [-0.15, -0.1) is 0 Å². The van der Waals surface area contributed by atoms with E-state index < -0.39 is 0 Å². The standard InChI is InChI=1S/C27H24N6O/c1-17(2)19-14-12-18(13-15-19)16-29-33-25(28)23(27(34)30-20-8-4-3-5-9-20)24-26(33)32-22-11-7-6-10-21(22)31-24/h3-17H,28H2,1-2H3,(H,30,34)/b29-16+. The molecule has 0 saturated heterocycles. The number of hydrogen-bond acceptors (Lipinski definition) is 5. The maximum atomic E-state index is 13.2. The number of carbonyl (C=O) groups excluding carboxylic acids is 1. The quantitative estimate of drug-likeness (QED) is 0.351. The Balaban J connectivity index is 1.62. The number of amides is 1. The molecule has 3 aromatic carbocycles. The van der Waals surface area contributed by atoms with Crippen LogP contribution in [0, 0.1) is 0 Å². The minimum Gasteiger partial charge on any atom is -0.383 e. The van der Waals surface area contributed by atoms with Crippen molar-refractivity contribution in [3.63, 3.8) is 0 Å². The largest absolute Gasteiger partial charge is 0.383 e. The molecule has 2 heterocycles. The van der Waals surface area contributed by atoms with E-state index in [1.807, 2.05) is 66.7 Å². The predicted molar refractivity (Wildman–Crippen MR) is 137 cm³/mol. The molecule has 168 valence electrons. The minimum absolute atomic E-state index is 0.175. The first kappa shape index (κ1) is 21.3. The third-order valence-corrected chi connectivity index (χ3v) is 5.66. The van der Waals surface area contributed by atoms with Crippen LogP contribution in [0.5, 0.6) is 0 Å². The van der Waals surface area contributed by atoms with Crippen LogP contribution in [0.3, 0.4) is 0 Å². The Morgan fingerprint density at radius 1 is 0.941 bits per heavy atom. The van der Waals surface area contributed by atoms with Crippen LogP contribution in [-0.4, -0.2) is 26.8 Å². The Hall–Kier alpha value is -4.52. The monoisotopic (exact) mass is 448 g/mol. The van der Waals surface area contributed by atoms with Crippen molar-refractivity contribution in [2.75, 3.05) is 11.1 Å². The molecule has 1 amide bonds. The highest BCUT2D eigenvalue weighted by Crippen LogP contribution is 2.28. The lowest BCUT2D eigenvalue weighted by atomic mass is 10.0.